The number of carbonyl (C=O) groups is 2. The Hall–Kier alpha value is -2.82. The van der Waals surface area contributed by atoms with Crippen LogP contribution < -0.4 is 14.8 Å². The molecule has 0 heterocycles. The molecule has 2 aromatic rings. The van der Waals surface area contributed by atoms with Crippen molar-refractivity contribution in [2.45, 2.75) is 13.3 Å². The zero-order valence-electron chi connectivity index (χ0n) is 13.2. The molecule has 5 heteroatoms. The van der Waals surface area contributed by atoms with Crippen LogP contribution in [0.25, 0.3) is 0 Å². The van der Waals surface area contributed by atoms with Gasteiger partial charge in [0.25, 0.3) is 5.91 Å². The molecular weight excluding hydrogens is 294 g/mol. The minimum Gasteiger partial charge on any atom is -0.496 e. The third kappa shape index (κ3) is 4.57. The average molecular weight is 313 g/mol. The van der Waals surface area contributed by atoms with E-state index >= 15 is 0 Å². The molecule has 2 rings (SSSR count). The fourth-order valence-corrected chi connectivity index (χ4v) is 2.08. The molecule has 23 heavy (non-hydrogen) atoms. The van der Waals surface area contributed by atoms with Crippen LogP contribution in [0.3, 0.4) is 0 Å². The number of amides is 1. The maximum atomic E-state index is 12.1. The van der Waals surface area contributed by atoms with Crippen LogP contribution >= 0.6 is 0 Å². The monoisotopic (exact) mass is 313 g/mol. The second-order valence-electron chi connectivity index (χ2n) is 4.86. The van der Waals surface area contributed by atoms with Gasteiger partial charge in [0, 0.05) is 0 Å². The second kappa shape index (κ2) is 7.98. The molecule has 0 aliphatic heterocycles. The summed E-state index contributed by atoms with van der Waals surface area (Å²) in [4.78, 5) is 23.9. The molecule has 1 amide bonds. The van der Waals surface area contributed by atoms with E-state index in [0.717, 1.165) is 12.0 Å². The number of rotatable bonds is 6. The average Bonchev–Trinajstić information content (AvgIpc) is 2.59. The first-order valence-corrected chi connectivity index (χ1v) is 7.35. The molecule has 2 aromatic carbocycles. The van der Waals surface area contributed by atoms with Gasteiger partial charge in [-0.1, -0.05) is 31.2 Å². The molecule has 0 atom stereocenters. The Labute approximate surface area is 135 Å². The highest BCUT2D eigenvalue weighted by Crippen LogP contribution is 2.17. The number of aryl methyl sites for hydroxylation is 1. The lowest BCUT2D eigenvalue weighted by Crippen LogP contribution is -2.32. The summed E-state index contributed by atoms with van der Waals surface area (Å²) >= 11 is 0. The van der Waals surface area contributed by atoms with Crippen molar-refractivity contribution >= 4 is 11.9 Å². The van der Waals surface area contributed by atoms with Crippen molar-refractivity contribution in [2.75, 3.05) is 13.7 Å². The highest BCUT2D eigenvalue weighted by Gasteiger charge is 2.13. The Bertz CT molecular complexity index is 697. The Morgan fingerprint density at radius 1 is 1.09 bits per heavy atom. The Morgan fingerprint density at radius 2 is 1.87 bits per heavy atom. The third-order valence-electron chi connectivity index (χ3n) is 3.28. The van der Waals surface area contributed by atoms with Crippen molar-refractivity contribution < 1.29 is 19.1 Å². The van der Waals surface area contributed by atoms with E-state index in [-0.39, 0.29) is 12.5 Å². The molecule has 5 nitrogen and oxygen atoms in total. The summed E-state index contributed by atoms with van der Waals surface area (Å²) in [6.45, 7) is 1.81. The van der Waals surface area contributed by atoms with E-state index in [2.05, 4.69) is 5.32 Å². The van der Waals surface area contributed by atoms with Crippen LogP contribution in [0, 0.1) is 0 Å². The number of methoxy groups -OCH3 is 1. The van der Waals surface area contributed by atoms with E-state index < -0.39 is 5.97 Å². The highest BCUT2D eigenvalue weighted by atomic mass is 16.5. The molecule has 0 spiro atoms. The molecule has 0 fully saturated rings. The van der Waals surface area contributed by atoms with Crippen molar-refractivity contribution in [1.29, 1.82) is 0 Å². The standard InChI is InChI=1S/C18H19NO4/c1-3-13-7-6-8-14(11-13)23-17(20)12-19-18(21)15-9-4-5-10-16(15)22-2/h4-11H,3,12H2,1-2H3,(H,19,21). The molecule has 0 saturated carbocycles. The van der Waals surface area contributed by atoms with Crippen molar-refractivity contribution in [3.63, 3.8) is 0 Å². The van der Waals surface area contributed by atoms with Crippen LogP contribution in [0.5, 0.6) is 11.5 Å². The van der Waals surface area contributed by atoms with E-state index in [4.69, 9.17) is 9.47 Å². The number of ether oxygens (including phenoxy) is 2. The number of carbonyl (C=O) groups excluding carboxylic acids is 2. The predicted molar refractivity (Wildman–Crippen MR) is 86.8 cm³/mol. The van der Waals surface area contributed by atoms with Crippen molar-refractivity contribution in [1.82, 2.24) is 5.32 Å². The van der Waals surface area contributed by atoms with E-state index in [9.17, 15) is 9.59 Å². The van der Waals surface area contributed by atoms with Gasteiger partial charge in [-0.3, -0.25) is 4.79 Å². The summed E-state index contributed by atoms with van der Waals surface area (Å²) in [6, 6.07) is 14.1. The Kier molecular flexibility index (Phi) is 5.74. The molecular formula is C18H19NO4. The molecule has 120 valence electrons. The molecule has 0 bridgehead atoms. The Morgan fingerprint density at radius 3 is 2.61 bits per heavy atom. The fourth-order valence-electron chi connectivity index (χ4n) is 2.08. The number of benzene rings is 2. The Balaban J connectivity index is 1.92. The molecule has 0 aliphatic rings. The predicted octanol–water partition coefficient (Wildman–Crippen LogP) is 2.59. The van der Waals surface area contributed by atoms with E-state index in [1.807, 2.05) is 19.1 Å². The SMILES string of the molecule is CCc1cccc(OC(=O)CNC(=O)c2ccccc2OC)c1. The molecule has 0 aliphatic carbocycles. The van der Waals surface area contributed by atoms with Gasteiger partial charge in [0.15, 0.2) is 0 Å². The van der Waals surface area contributed by atoms with Gasteiger partial charge in [0.1, 0.15) is 18.0 Å². The lowest BCUT2D eigenvalue weighted by molar-refractivity contribution is -0.133. The van der Waals surface area contributed by atoms with Crippen molar-refractivity contribution in [3.05, 3.63) is 59.7 Å². The largest absolute Gasteiger partial charge is 0.496 e. The quantitative estimate of drug-likeness (QED) is 0.657. The van der Waals surface area contributed by atoms with Gasteiger partial charge in [0.05, 0.1) is 12.7 Å². The number of hydrogen-bond donors (Lipinski definition) is 1. The van der Waals surface area contributed by atoms with E-state index in [0.29, 0.717) is 17.1 Å². The molecule has 0 saturated heterocycles. The molecule has 0 aromatic heterocycles. The van der Waals surface area contributed by atoms with Crippen LogP contribution in [0.2, 0.25) is 0 Å². The first-order valence-electron chi connectivity index (χ1n) is 7.35. The molecule has 0 radical (unpaired) electrons. The fraction of sp³-hybridized carbons (Fsp3) is 0.222. The van der Waals surface area contributed by atoms with Gasteiger partial charge in [-0.25, -0.2) is 4.79 Å². The highest BCUT2D eigenvalue weighted by molar-refractivity contribution is 5.98. The van der Waals surface area contributed by atoms with Crippen LogP contribution in [0.15, 0.2) is 48.5 Å². The van der Waals surface area contributed by atoms with Crippen LogP contribution in [0.1, 0.15) is 22.8 Å². The maximum Gasteiger partial charge on any atom is 0.330 e. The minimum absolute atomic E-state index is 0.215. The number of para-hydroxylation sites is 1. The van der Waals surface area contributed by atoms with Gasteiger partial charge in [-0.2, -0.15) is 0 Å². The summed E-state index contributed by atoms with van der Waals surface area (Å²) in [5.41, 5.74) is 1.45. The topological polar surface area (TPSA) is 64.6 Å². The van der Waals surface area contributed by atoms with Crippen LogP contribution in [-0.4, -0.2) is 25.5 Å². The zero-order chi connectivity index (χ0) is 16.7. The summed E-state index contributed by atoms with van der Waals surface area (Å²) in [7, 11) is 1.49. The van der Waals surface area contributed by atoms with Crippen LogP contribution in [0.4, 0.5) is 0 Å². The van der Waals surface area contributed by atoms with Gasteiger partial charge >= 0.3 is 5.97 Å². The summed E-state index contributed by atoms with van der Waals surface area (Å²) < 4.78 is 10.3. The van der Waals surface area contributed by atoms with Gasteiger partial charge in [-0.15, -0.1) is 0 Å². The first-order chi connectivity index (χ1) is 11.1. The van der Waals surface area contributed by atoms with Crippen molar-refractivity contribution in [2.24, 2.45) is 0 Å². The number of nitrogens with one attached hydrogen (secondary N) is 1. The molecule has 0 unspecified atom stereocenters. The number of esters is 1. The third-order valence-corrected chi connectivity index (χ3v) is 3.28. The summed E-state index contributed by atoms with van der Waals surface area (Å²) in [5.74, 6) is 0.0121. The smallest absolute Gasteiger partial charge is 0.330 e. The van der Waals surface area contributed by atoms with Crippen LogP contribution in [-0.2, 0) is 11.2 Å². The van der Waals surface area contributed by atoms with E-state index in [1.165, 1.54) is 7.11 Å². The zero-order valence-corrected chi connectivity index (χ0v) is 13.2. The summed E-state index contributed by atoms with van der Waals surface area (Å²) in [6.07, 6.45) is 0.857. The normalized spacial score (nSPS) is 10.0. The van der Waals surface area contributed by atoms with Crippen molar-refractivity contribution in [3.8, 4) is 11.5 Å². The van der Waals surface area contributed by atoms with E-state index in [1.54, 1.807) is 36.4 Å². The lowest BCUT2D eigenvalue weighted by atomic mass is 10.2. The van der Waals surface area contributed by atoms with Gasteiger partial charge in [-0.05, 0) is 36.2 Å². The van der Waals surface area contributed by atoms with Gasteiger partial charge < -0.3 is 14.8 Å². The lowest BCUT2D eigenvalue weighted by Gasteiger charge is -2.09. The van der Waals surface area contributed by atoms with Gasteiger partial charge in [0.2, 0.25) is 0 Å². The molecule has 1 N–H and O–H groups in total. The second-order valence-corrected chi connectivity index (χ2v) is 4.86. The first kappa shape index (κ1) is 16.5. The maximum absolute atomic E-state index is 12.1. The summed E-state index contributed by atoms with van der Waals surface area (Å²) in [5, 5.41) is 2.53. The minimum atomic E-state index is -0.526. The number of hydrogen-bond acceptors (Lipinski definition) is 4.